The van der Waals surface area contributed by atoms with Crippen molar-refractivity contribution in [3.05, 3.63) is 65.2 Å². The molecule has 0 spiro atoms. The van der Waals surface area contributed by atoms with Gasteiger partial charge in [-0.1, -0.05) is 30.3 Å². The van der Waals surface area contributed by atoms with E-state index < -0.39 is 11.9 Å². The molecule has 1 atom stereocenters. The topological polar surface area (TPSA) is 95.7 Å². The van der Waals surface area contributed by atoms with Gasteiger partial charge in [-0.15, -0.1) is 0 Å². The number of benzene rings is 2. The van der Waals surface area contributed by atoms with Crippen LogP contribution in [0, 0.1) is 0 Å². The largest absolute Gasteiger partial charge is 0.368 e. The quantitative estimate of drug-likeness (QED) is 0.816. The lowest BCUT2D eigenvalue weighted by molar-refractivity contribution is -0.125. The minimum Gasteiger partial charge on any atom is -0.368 e. The third kappa shape index (κ3) is 4.37. The molecule has 0 aliphatic carbocycles. The summed E-state index contributed by atoms with van der Waals surface area (Å²) in [6.07, 6.45) is 0.492. The van der Waals surface area contributed by atoms with Crippen molar-refractivity contribution in [1.29, 1.82) is 0 Å². The zero-order valence-corrected chi connectivity index (χ0v) is 16.0. The van der Waals surface area contributed by atoms with E-state index >= 15 is 0 Å². The average Bonchev–Trinajstić information content (AvgIpc) is 2.66. The molecular formula is C21H24N4O3. The lowest BCUT2D eigenvalue weighted by atomic mass is 9.93. The van der Waals surface area contributed by atoms with Crippen molar-refractivity contribution in [2.45, 2.75) is 19.0 Å². The summed E-state index contributed by atoms with van der Waals surface area (Å²) in [5.74, 6) is -0.849. The first-order valence-corrected chi connectivity index (χ1v) is 9.07. The lowest BCUT2D eigenvalue weighted by Gasteiger charge is -2.34. The van der Waals surface area contributed by atoms with E-state index in [1.54, 1.807) is 43.3 Å². The van der Waals surface area contributed by atoms with E-state index in [2.05, 4.69) is 5.32 Å². The van der Waals surface area contributed by atoms with E-state index in [0.717, 1.165) is 11.1 Å². The summed E-state index contributed by atoms with van der Waals surface area (Å²) in [6, 6.07) is 14.1. The van der Waals surface area contributed by atoms with Crippen molar-refractivity contribution in [3.63, 3.8) is 0 Å². The van der Waals surface area contributed by atoms with Gasteiger partial charge in [0.25, 0.3) is 5.91 Å². The average molecular weight is 380 g/mol. The van der Waals surface area contributed by atoms with Crippen LogP contribution in [0.3, 0.4) is 0 Å². The number of carbonyl (C=O) groups excluding carboxylic acids is 3. The number of nitrogens with zero attached hydrogens (tertiary/aromatic N) is 2. The molecule has 0 radical (unpaired) electrons. The number of nitrogens with two attached hydrogens (primary N) is 1. The number of primary amides is 1. The molecule has 7 heteroatoms. The van der Waals surface area contributed by atoms with Gasteiger partial charge in [0.2, 0.25) is 11.8 Å². The van der Waals surface area contributed by atoms with Gasteiger partial charge >= 0.3 is 0 Å². The molecule has 0 saturated carbocycles. The number of rotatable bonds is 5. The second-order valence-corrected chi connectivity index (χ2v) is 7.12. The van der Waals surface area contributed by atoms with Crippen LogP contribution in [0.2, 0.25) is 0 Å². The molecule has 0 aromatic heterocycles. The summed E-state index contributed by atoms with van der Waals surface area (Å²) in [5.41, 5.74) is 8.76. The molecule has 3 amide bonds. The standard InChI is InChI=1S/C21H24N4O3/c1-24(2)21(28)15-8-5-9-17(10-15)23-19(26)13-25-12-16-7-4-3-6-14(16)11-18(25)20(22)27/h3-10,18H,11-13H2,1-2H3,(H2,22,27)(H,23,26)/t18-/m0/s1. The summed E-state index contributed by atoms with van der Waals surface area (Å²) in [5, 5.41) is 2.80. The van der Waals surface area contributed by atoms with Crippen LogP contribution in [-0.4, -0.2) is 54.2 Å². The predicted octanol–water partition coefficient (Wildman–Crippen LogP) is 1.24. The van der Waals surface area contributed by atoms with Crippen molar-refractivity contribution in [2.75, 3.05) is 26.0 Å². The van der Waals surface area contributed by atoms with E-state index in [-0.39, 0.29) is 18.4 Å². The molecule has 1 aliphatic heterocycles. The van der Waals surface area contributed by atoms with Crippen LogP contribution in [0.4, 0.5) is 5.69 Å². The Hall–Kier alpha value is -3.19. The van der Waals surface area contributed by atoms with E-state index in [4.69, 9.17) is 5.73 Å². The molecule has 0 unspecified atom stereocenters. The number of nitrogens with one attached hydrogen (secondary N) is 1. The molecule has 3 N–H and O–H groups in total. The van der Waals surface area contributed by atoms with E-state index in [1.807, 2.05) is 24.3 Å². The third-order valence-electron chi connectivity index (χ3n) is 4.82. The van der Waals surface area contributed by atoms with E-state index in [0.29, 0.717) is 24.2 Å². The van der Waals surface area contributed by atoms with Crippen LogP contribution in [0.25, 0.3) is 0 Å². The molecule has 0 saturated heterocycles. The number of hydrogen-bond acceptors (Lipinski definition) is 4. The molecule has 146 valence electrons. The van der Waals surface area contributed by atoms with Crippen LogP contribution in [0.1, 0.15) is 21.5 Å². The Morgan fingerprint density at radius 3 is 2.50 bits per heavy atom. The maximum atomic E-state index is 12.6. The first-order valence-electron chi connectivity index (χ1n) is 9.07. The Labute approximate surface area is 164 Å². The fraction of sp³-hybridized carbons (Fsp3) is 0.286. The lowest BCUT2D eigenvalue weighted by Crippen LogP contribution is -2.50. The van der Waals surface area contributed by atoms with Gasteiger partial charge < -0.3 is 16.0 Å². The minimum atomic E-state index is -0.526. The highest BCUT2D eigenvalue weighted by molar-refractivity contribution is 5.97. The van der Waals surface area contributed by atoms with Gasteiger partial charge in [-0.25, -0.2) is 0 Å². The predicted molar refractivity (Wildman–Crippen MR) is 107 cm³/mol. The summed E-state index contributed by atoms with van der Waals surface area (Å²) in [6.45, 7) is 0.518. The monoisotopic (exact) mass is 380 g/mol. The first-order chi connectivity index (χ1) is 13.3. The highest BCUT2D eigenvalue weighted by atomic mass is 16.2. The maximum absolute atomic E-state index is 12.6. The molecule has 0 fully saturated rings. The van der Waals surface area contributed by atoms with E-state index in [9.17, 15) is 14.4 Å². The Bertz CT molecular complexity index is 910. The Morgan fingerprint density at radius 2 is 1.82 bits per heavy atom. The SMILES string of the molecule is CN(C)C(=O)c1cccc(NC(=O)CN2Cc3ccccc3C[C@H]2C(N)=O)c1. The van der Waals surface area contributed by atoms with Gasteiger partial charge in [0.15, 0.2) is 0 Å². The number of fused-ring (bicyclic) bond motifs is 1. The molecule has 28 heavy (non-hydrogen) atoms. The molecule has 2 aromatic carbocycles. The maximum Gasteiger partial charge on any atom is 0.253 e. The zero-order valence-electron chi connectivity index (χ0n) is 16.0. The van der Waals surface area contributed by atoms with Gasteiger partial charge in [0, 0.05) is 31.9 Å². The van der Waals surface area contributed by atoms with Crippen LogP contribution < -0.4 is 11.1 Å². The normalized spacial score (nSPS) is 16.1. The fourth-order valence-electron chi connectivity index (χ4n) is 3.40. The Morgan fingerprint density at radius 1 is 1.11 bits per heavy atom. The summed E-state index contributed by atoms with van der Waals surface area (Å²) < 4.78 is 0. The molecule has 2 aromatic rings. The minimum absolute atomic E-state index is 0.0355. The van der Waals surface area contributed by atoms with Gasteiger partial charge in [-0.3, -0.25) is 19.3 Å². The second kappa shape index (κ2) is 8.22. The van der Waals surface area contributed by atoms with Crippen LogP contribution >= 0.6 is 0 Å². The molecule has 0 bridgehead atoms. The van der Waals surface area contributed by atoms with E-state index in [1.165, 1.54) is 4.90 Å². The second-order valence-electron chi connectivity index (χ2n) is 7.12. The zero-order chi connectivity index (χ0) is 20.3. The van der Waals surface area contributed by atoms with Crippen LogP contribution in [-0.2, 0) is 22.6 Å². The third-order valence-corrected chi connectivity index (χ3v) is 4.82. The number of hydrogen-bond donors (Lipinski definition) is 2. The molecular weight excluding hydrogens is 356 g/mol. The fourth-order valence-corrected chi connectivity index (χ4v) is 3.40. The van der Waals surface area contributed by atoms with Crippen molar-refractivity contribution in [2.24, 2.45) is 5.73 Å². The summed E-state index contributed by atoms with van der Waals surface area (Å²) in [4.78, 5) is 39.8. The molecule has 3 rings (SSSR count). The smallest absolute Gasteiger partial charge is 0.253 e. The number of carbonyl (C=O) groups is 3. The van der Waals surface area contributed by atoms with Crippen molar-refractivity contribution in [1.82, 2.24) is 9.80 Å². The summed E-state index contributed by atoms with van der Waals surface area (Å²) in [7, 11) is 3.34. The summed E-state index contributed by atoms with van der Waals surface area (Å²) >= 11 is 0. The van der Waals surface area contributed by atoms with Crippen molar-refractivity contribution >= 4 is 23.4 Å². The number of anilines is 1. The first kappa shape index (κ1) is 19.6. The van der Waals surface area contributed by atoms with Gasteiger partial charge in [0.1, 0.15) is 0 Å². The van der Waals surface area contributed by atoms with Gasteiger partial charge in [0.05, 0.1) is 12.6 Å². The number of amides is 3. The highest BCUT2D eigenvalue weighted by Gasteiger charge is 2.31. The van der Waals surface area contributed by atoms with Crippen LogP contribution in [0.5, 0.6) is 0 Å². The van der Waals surface area contributed by atoms with Crippen LogP contribution in [0.15, 0.2) is 48.5 Å². The molecule has 7 nitrogen and oxygen atoms in total. The Balaban J connectivity index is 1.71. The Kier molecular flexibility index (Phi) is 5.75. The molecule has 1 aliphatic rings. The van der Waals surface area contributed by atoms with Gasteiger partial charge in [-0.05, 0) is 35.7 Å². The highest BCUT2D eigenvalue weighted by Crippen LogP contribution is 2.23. The molecule has 1 heterocycles. The van der Waals surface area contributed by atoms with Gasteiger partial charge in [-0.2, -0.15) is 0 Å². The van der Waals surface area contributed by atoms with Crippen molar-refractivity contribution in [3.8, 4) is 0 Å². The van der Waals surface area contributed by atoms with Crippen molar-refractivity contribution < 1.29 is 14.4 Å².